The van der Waals surface area contributed by atoms with Crippen molar-refractivity contribution < 1.29 is 0 Å². The molecule has 4 rings (SSSR count). The third-order valence-electron chi connectivity index (χ3n) is 3.77. The van der Waals surface area contributed by atoms with Crippen LogP contribution in [0.5, 0.6) is 0 Å². The van der Waals surface area contributed by atoms with Gasteiger partial charge in [0, 0.05) is 24.2 Å². The Bertz CT molecular complexity index is 773. The molecule has 3 aromatic rings. The summed E-state index contributed by atoms with van der Waals surface area (Å²) in [5.74, 6) is 1.97. The van der Waals surface area contributed by atoms with E-state index in [4.69, 9.17) is 5.73 Å². The lowest BCUT2D eigenvalue weighted by molar-refractivity contribution is 0.749. The van der Waals surface area contributed by atoms with Crippen LogP contribution < -0.4 is 5.73 Å². The van der Waals surface area contributed by atoms with Crippen molar-refractivity contribution in [3.8, 4) is 11.4 Å². The first-order valence-electron chi connectivity index (χ1n) is 6.53. The summed E-state index contributed by atoms with van der Waals surface area (Å²) in [6.07, 6.45) is 2.16. The molecule has 0 radical (unpaired) electrons. The number of rotatable bonds is 1. The molecular formula is C15H14N4. The number of benzene rings is 2. The van der Waals surface area contributed by atoms with Crippen LogP contribution in [0.4, 0.5) is 5.69 Å². The van der Waals surface area contributed by atoms with E-state index in [0.29, 0.717) is 0 Å². The van der Waals surface area contributed by atoms with Gasteiger partial charge < -0.3 is 10.3 Å². The molecule has 0 atom stereocenters. The SMILES string of the molecule is Nc1cc2ccccc2cc1-c1nnc2n1CCC2. The Morgan fingerprint density at radius 3 is 2.68 bits per heavy atom. The first-order chi connectivity index (χ1) is 9.33. The van der Waals surface area contributed by atoms with Gasteiger partial charge in [-0.25, -0.2) is 0 Å². The van der Waals surface area contributed by atoms with Gasteiger partial charge >= 0.3 is 0 Å². The highest BCUT2D eigenvalue weighted by Crippen LogP contribution is 2.31. The minimum Gasteiger partial charge on any atom is -0.398 e. The molecule has 0 bridgehead atoms. The van der Waals surface area contributed by atoms with E-state index < -0.39 is 0 Å². The van der Waals surface area contributed by atoms with Gasteiger partial charge in [-0.05, 0) is 29.3 Å². The molecule has 0 saturated carbocycles. The van der Waals surface area contributed by atoms with E-state index in [-0.39, 0.29) is 0 Å². The zero-order valence-electron chi connectivity index (χ0n) is 10.5. The van der Waals surface area contributed by atoms with Gasteiger partial charge in [-0.1, -0.05) is 24.3 Å². The molecule has 1 aliphatic rings. The smallest absolute Gasteiger partial charge is 0.166 e. The van der Waals surface area contributed by atoms with Crippen molar-refractivity contribution in [2.24, 2.45) is 0 Å². The minimum absolute atomic E-state index is 0.765. The third-order valence-corrected chi connectivity index (χ3v) is 3.77. The molecule has 0 spiro atoms. The number of hydrogen-bond acceptors (Lipinski definition) is 3. The van der Waals surface area contributed by atoms with E-state index in [1.165, 1.54) is 5.39 Å². The molecule has 0 unspecified atom stereocenters. The molecule has 19 heavy (non-hydrogen) atoms. The van der Waals surface area contributed by atoms with E-state index in [0.717, 1.165) is 47.7 Å². The number of aromatic nitrogens is 3. The van der Waals surface area contributed by atoms with Gasteiger partial charge in [0.1, 0.15) is 5.82 Å². The van der Waals surface area contributed by atoms with Gasteiger partial charge in [0.15, 0.2) is 5.82 Å². The second kappa shape index (κ2) is 3.82. The van der Waals surface area contributed by atoms with Crippen molar-refractivity contribution in [2.45, 2.75) is 19.4 Å². The maximum atomic E-state index is 6.19. The lowest BCUT2D eigenvalue weighted by Gasteiger charge is -2.08. The second-order valence-electron chi connectivity index (χ2n) is 4.98. The second-order valence-corrected chi connectivity index (χ2v) is 4.98. The van der Waals surface area contributed by atoms with Crippen LogP contribution >= 0.6 is 0 Å². The Balaban J connectivity index is 1.97. The quantitative estimate of drug-likeness (QED) is 0.675. The van der Waals surface area contributed by atoms with Crippen molar-refractivity contribution in [3.63, 3.8) is 0 Å². The van der Waals surface area contributed by atoms with Crippen molar-refractivity contribution in [1.29, 1.82) is 0 Å². The summed E-state index contributed by atoms with van der Waals surface area (Å²) in [6, 6.07) is 12.4. The molecule has 1 aromatic heterocycles. The fourth-order valence-electron chi connectivity index (χ4n) is 2.80. The average molecular weight is 250 g/mol. The summed E-state index contributed by atoms with van der Waals surface area (Å²) in [4.78, 5) is 0. The Morgan fingerprint density at radius 2 is 1.84 bits per heavy atom. The van der Waals surface area contributed by atoms with Gasteiger partial charge in [0.05, 0.1) is 0 Å². The lowest BCUT2D eigenvalue weighted by Crippen LogP contribution is -1.99. The topological polar surface area (TPSA) is 56.7 Å². The van der Waals surface area contributed by atoms with Crippen molar-refractivity contribution in [1.82, 2.24) is 14.8 Å². The molecule has 0 aliphatic carbocycles. The van der Waals surface area contributed by atoms with Crippen LogP contribution in [0.3, 0.4) is 0 Å². The highest BCUT2D eigenvalue weighted by molar-refractivity contribution is 5.92. The molecular weight excluding hydrogens is 236 g/mol. The van der Waals surface area contributed by atoms with E-state index in [9.17, 15) is 0 Å². The van der Waals surface area contributed by atoms with E-state index in [1.807, 2.05) is 18.2 Å². The standard InChI is InChI=1S/C15H14N4/c16-13-9-11-5-2-1-4-10(11)8-12(13)15-18-17-14-6-3-7-19(14)15/h1-2,4-5,8-9H,3,6-7,16H2. The number of nitrogens with zero attached hydrogens (tertiary/aromatic N) is 3. The molecule has 0 amide bonds. The van der Waals surface area contributed by atoms with Crippen LogP contribution in [0.2, 0.25) is 0 Å². The number of fused-ring (bicyclic) bond motifs is 2. The third kappa shape index (κ3) is 1.53. The predicted octanol–water partition coefficient (Wildman–Crippen LogP) is 2.63. The number of nitrogen functional groups attached to an aromatic ring is 1. The van der Waals surface area contributed by atoms with Crippen LogP contribution in [0.15, 0.2) is 36.4 Å². The first kappa shape index (κ1) is 10.6. The summed E-state index contributed by atoms with van der Waals surface area (Å²) >= 11 is 0. The maximum Gasteiger partial charge on any atom is 0.166 e. The van der Waals surface area contributed by atoms with Gasteiger partial charge in [0.25, 0.3) is 0 Å². The van der Waals surface area contributed by atoms with Gasteiger partial charge in [-0.2, -0.15) is 0 Å². The largest absolute Gasteiger partial charge is 0.398 e. The van der Waals surface area contributed by atoms with E-state index >= 15 is 0 Å². The predicted molar refractivity (Wildman–Crippen MR) is 75.7 cm³/mol. The molecule has 4 heteroatoms. The molecule has 2 aromatic carbocycles. The molecule has 94 valence electrons. The first-order valence-corrected chi connectivity index (χ1v) is 6.53. The fourth-order valence-corrected chi connectivity index (χ4v) is 2.80. The zero-order chi connectivity index (χ0) is 12.8. The Labute approximate surface area is 110 Å². The van der Waals surface area contributed by atoms with Crippen molar-refractivity contribution >= 4 is 16.5 Å². The Morgan fingerprint density at radius 1 is 1.05 bits per heavy atom. The molecule has 0 fully saturated rings. The molecule has 1 aliphatic heterocycles. The van der Waals surface area contributed by atoms with Crippen LogP contribution in [0.25, 0.3) is 22.2 Å². The van der Waals surface area contributed by atoms with Gasteiger partial charge in [-0.15, -0.1) is 10.2 Å². The zero-order valence-corrected chi connectivity index (χ0v) is 10.5. The number of anilines is 1. The Hall–Kier alpha value is -2.36. The van der Waals surface area contributed by atoms with Crippen LogP contribution in [-0.4, -0.2) is 14.8 Å². The lowest BCUT2D eigenvalue weighted by atomic mass is 10.0. The summed E-state index contributed by atoms with van der Waals surface area (Å²) in [6.45, 7) is 0.990. The maximum absolute atomic E-state index is 6.19. The highest BCUT2D eigenvalue weighted by atomic mass is 15.3. The van der Waals surface area contributed by atoms with Crippen LogP contribution in [-0.2, 0) is 13.0 Å². The summed E-state index contributed by atoms with van der Waals surface area (Å²) < 4.78 is 2.18. The molecule has 4 nitrogen and oxygen atoms in total. The fraction of sp³-hybridized carbons (Fsp3) is 0.200. The van der Waals surface area contributed by atoms with Gasteiger partial charge in [-0.3, -0.25) is 0 Å². The van der Waals surface area contributed by atoms with Crippen molar-refractivity contribution in [3.05, 3.63) is 42.2 Å². The van der Waals surface area contributed by atoms with E-state index in [1.54, 1.807) is 0 Å². The number of aryl methyl sites for hydroxylation is 1. The molecule has 2 heterocycles. The van der Waals surface area contributed by atoms with Crippen LogP contribution in [0, 0.1) is 0 Å². The van der Waals surface area contributed by atoms with Gasteiger partial charge in [0.2, 0.25) is 0 Å². The van der Waals surface area contributed by atoms with Crippen LogP contribution in [0.1, 0.15) is 12.2 Å². The number of hydrogen-bond donors (Lipinski definition) is 1. The minimum atomic E-state index is 0.765. The summed E-state index contributed by atoms with van der Waals surface area (Å²) in [7, 11) is 0. The molecule has 2 N–H and O–H groups in total. The average Bonchev–Trinajstić information content (AvgIpc) is 3.00. The molecule has 0 saturated heterocycles. The summed E-state index contributed by atoms with van der Waals surface area (Å²) in [5.41, 5.74) is 7.94. The highest BCUT2D eigenvalue weighted by Gasteiger charge is 2.19. The normalized spacial score (nSPS) is 13.9. The van der Waals surface area contributed by atoms with E-state index in [2.05, 4.69) is 33.0 Å². The number of nitrogens with two attached hydrogens (primary N) is 1. The Kier molecular flexibility index (Phi) is 2.12. The van der Waals surface area contributed by atoms with Crippen molar-refractivity contribution in [2.75, 3.05) is 5.73 Å². The monoisotopic (exact) mass is 250 g/mol. The summed E-state index contributed by atoms with van der Waals surface area (Å²) in [5, 5.41) is 10.9.